The van der Waals surface area contributed by atoms with Crippen molar-refractivity contribution in [3.8, 4) is 16.5 Å². The molecule has 0 aliphatic rings. The fraction of sp³-hybridized carbons (Fsp3) is 0.188. The van der Waals surface area contributed by atoms with Gasteiger partial charge in [0, 0.05) is 10.9 Å². The van der Waals surface area contributed by atoms with Crippen molar-refractivity contribution in [2.24, 2.45) is 0 Å². The molecule has 0 amide bonds. The maximum Gasteiger partial charge on any atom is 0.273 e. The third-order valence-corrected chi connectivity index (χ3v) is 3.09. The predicted molar refractivity (Wildman–Crippen MR) is 83.9 cm³/mol. The monoisotopic (exact) mass is 273 g/mol. The Morgan fingerprint density at radius 3 is 2.53 bits per heavy atom. The number of ether oxygens (including phenoxy) is 1. The Labute approximate surface area is 119 Å². The summed E-state index contributed by atoms with van der Waals surface area (Å²) in [6.45, 7) is 11.4. The van der Waals surface area contributed by atoms with Crippen molar-refractivity contribution in [2.75, 3.05) is 6.61 Å². The summed E-state index contributed by atoms with van der Waals surface area (Å²) in [4.78, 5) is 4.43. The minimum Gasteiger partial charge on any atom is -0.470 e. The normalized spacial score (nSPS) is 9.16. The van der Waals surface area contributed by atoms with E-state index in [0.717, 1.165) is 10.9 Å². The van der Waals surface area contributed by atoms with Gasteiger partial charge < -0.3 is 4.74 Å². The first-order valence-electron chi connectivity index (χ1n) is 6.10. The lowest BCUT2D eigenvalue weighted by molar-refractivity contribution is 0.338. The number of aryl methyl sites for hydroxylation is 1. The molecule has 1 aromatic carbocycles. The number of benzene rings is 1. The van der Waals surface area contributed by atoms with Crippen LogP contribution < -0.4 is 4.74 Å². The second-order valence-electron chi connectivity index (χ2n) is 3.72. The Kier molecular flexibility index (Phi) is 6.61. The van der Waals surface area contributed by atoms with Crippen LogP contribution in [0.2, 0.25) is 0 Å². The van der Waals surface area contributed by atoms with E-state index in [1.165, 1.54) is 11.1 Å². The Balaban J connectivity index is 0.000000399. The Morgan fingerprint density at radius 2 is 1.95 bits per heavy atom. The molecule has 3 heteroatoms. The van der Waals surface area contributed by atoms with E-state index in [-0.39, 0.29) is 0 Å². The third kappa shape index (κ3) is 4.72. The second-order valence-corrected chi connectivity index (χ2v) is 4.54. The predicted octanol–water partition coefficient (Wildman–Crippen LogP) is 4.88. The van der Waals surface area contributed by atoms with Gasteiger partial charge in [-0.05, 0) is 19.4 Å². The van der Waals surface area contributed by atoms with E-state index in [1.54, 1.807) is 23.5 Å². The largest absolute Gasteiger partial charge is 0.470 e. The van der Waals surface area contributed by atoms with Crippen molar-refractivity contribution in [3.63, 3.8) is 0 Å². The van der Waals surface area contributed by atoms with E-state index < -0.39 is 0 Å². The number of rotatable bonds is 4. The summed E-state index contributed by atoms with van der Waals surface area (Å²) in [7, 11) is 0. The molecule has 0 unspecified atom stereocenters. The van der Waals surface area contributed by atoms with Crippen LogP contribution in [0.4, 0.5) is 0 Å². The van der Waals surface area contributed by atoms with Crippen LogP contribution in [0.5, 0.6) is 5.19 Å². The van der Waals surface area contributed by atoms with Crippen LogP contribution >= 0.6 is 11.3 Å². The molecule has 0 aliphatic carbocycles. The highest BCUT2D eigenvalue weighted by Crippen LogP contribution is 2.28. The van der Waals surface area contributed by atoms with Gasteiger partial charge in [0.15, 0.2) is 0 Å². The van der Waals surface area contributed by atoms with Crippen LogP contribution in [-0.4, -0.2) is 11.6 Å². The van der Waals surface area contributed by atoms with Gasteiger partial charge in [0.25, 0.3) is 5.19 Å². The molecule has 2 aromatic rings. The molecule has 100 valence electrons. The minimum absolute atomic E-state index is 0.667. The second kappa shape index (κ2) is 8.27. The third-order valence-electron chi connectivity index (χ3n) is 2.34. The van der Waals surface area contributed by atoms with Crippen molar-refractivity contribution in [3.05, 3.63) is 60.5 Å². The van der Waals surface area contributed by atoms with E-state index in [1.807, 2.05) is 24.4 Å². The Morgan fingerprint density at radius 1 is 1.26 bits per heavy atom. The van der Waals surface area contributed by atoms with Crippen molar-refractivity contribution in [1.29, 1.82) is 0 Å². The molecule has 0 radical (unpaired) electrons. The van der Waals surface area contributed by atoms with Crippen molar-refractivity contribution in [1.82, 2.24) is 4.98 Å². The molecule has 2 rings (SSSR count). The van der Waals surface area contributed by atoms with Crippen molar-refractivity contribution >= 4 is 11.3 Å². The highest BCUT2D eigenvalue weighted by molar-refractivity contribution is 7.11. The maximum atomic E-state index is 5.36. The zero-order chi connectivity index (χ0) is 14.1. The minimum atomic E-state index is 0.667. The Bertz CT molecular complexity index is 525. The van der Waals surface area contributed by atoms with Crippen LogP contribution in [0.3, 0.4) is 0 Å². The zero-order valence-corrected chi connectivity index (χ0v) is 12.2. The molecule has 0 fully saturated rings. The van der Waals surface area contributed by atoms with Gasteiger partial charge >= 0.3 is 0 Å². The standard InChI is InChI=1S/C12H13NOS.C4H6/c1-3-14-12-13-11(8-15-12)10-7-5-4-6-9(10)2;1-3-4-2/h4-8H,3H2,1-2H3;3-4H,1-2H2. The zero-order valence-electron chi connectivity index (χ0n) is 11.4. The van der Waals surface area contributed by atoms with Gasteiger partial charge in [0.05, 0.1) is 12.3 Å². The number of allylic oxidation sites excluding steroid dienone is 2. The van der Waals surface area contributed by atoms with Crippen LogP contribution in [-0.2, 0) is 0 Å². The SMILES string of the molecule is C=CC=C.CCOc1nc(-c2ccccc2C)cs1. The average molecular weight is 273 g/mol. The van der Waals surface area contributed by atoms with Crippen LogP contribution in [0.1, 0.15) is 12.5 Å². The maximum absolute atomic E-state index is 5.36. The van der Waals surface area contributed by atoms with Crippen LogP contribution in [0, 0.1) is 6.92 Å². The molecular formula is C16H19NOS. The molecule has 0 N–H and O–H groups in total. The summed E-state index contributed by atoms with van der Waals surface area (Å²) in [6.07, 6.45) is 3.28. The Hall–Kier alpha value is -1.87. The van der Waals surface area contributed by atoms with E-state index in [0.29, 0.717) is 6.61 Å². The number of hydrogen-bond donors (Lipinski definition) is 0. The average Bonchev–Trinajstić information content (AvgIpc) is 2.88. The van der Waals surface area contributed by atoms with Gasteiger partial charge in [0.2, 0.25) is 0 Å². The van der Waals surface area contributed by atoms with Crippen LogP contribution in [0.15, 0.2) is 55.0 Å². The first-order valence-corrected chi connectivity index (χ1v) is 6.98. The molecule has 0 bridgehead atoms. The summed E-state index contributed by atoms with van der Waals surface area (Å²) < 4.78 is 5.36. The quantitative estimate of drug-likeness (QED) is 0.741. The number of nitrogens with zero attached hydrogens (tertiary/aromatic N) is 1. The summed E-state index contributed by atoms with van der Waals surface area (Å²) in [5.74, 6) is 0. The number of hydrogen-bond acceptors (Lipinski definition) is 3. The van der Waals surface area contributed by atoms with E-state index in [2.05, 4.69) is 37.2 Å². The lowest BCUT2D eigenvalue weighted by atomic mass is 10.1. The highest BCUT2D eigenvalue weighted by atomic mass is 32.1. The summed E-state index contributed by atoms with van der Waals surface area (Å²) in [6, 6.07) is 8.24. The summed E-state index contributed by atoms with van der Waals surface area (Å²) in [5.41, 5.74) is 3.42. The van der Waals surface area contributed by atoms with Gasteiger partial charge in [-0.15, -0.1) is 0 Å². The van der Waals surface area contributed by atoms with Gasteiger partial charge in [-0.3, -0.25) is 0 Å². The first kappa shape index (κ1) is 15.2. The lowest BCUT2D eigenvalue weighted by Gasteiger charge is -2.00. The van der Waals surface area contributed by atoms with E-state index in [9.17, 15) is 0 Å². The molecule has 0 spiro atoms. The first-order chi connectivity index (χ1) is 9.22. The van der Waals surface area contributed by atoms with Gasteiger partial charge in [0.1, 0.15) is 0 Å². The molecular weight excluding hydrogens is 254 g/mol. The molecule has 19 heavy (non-hydrogen) atoms. The van der Waals surface area contributed by atoms with Crippen molar-refractivity contribution < 1.29 is 4.74 Å². The fourth-order valence-electron chi connectivity index (χ4n) is 1.43. The lowest BCUT2D eigenvalue weighted by Crippen LogP contribution is -1.90. The summed E-state index contributed by atoms with van der Waals surface area (Å²) in [5, 5.41) is 2.78. The van der Waals surface area contributed by atoms with E-state index >= 15 is 0 Å². The van der Waals surface area contributed by atoms with Crippen LogP contribution in [0.25, 0.3) is 11.3 Å². The molecule has 2 nitrogen and oxygen atoms in total. The summed E-state index contributed by atoms with van der Waals surface area (Å²) >= 11 is 1.54. The highest BCUT2D eigenvalue weighted by Gasteiger charge is 2.06. The number of thiazole rings is 1. The van der Waals surface area contributed by atoms with Gasteiger partial charge in [-0.2, -0.15) is 0 Å². The number of aromatic nitrogens is 1. The molecule has 0 saturated carbocycles. The van der Waals surface area contributed by atoms with E-state index in [4.69, 9.17) is 4.74 Å². The molecule has 1 heterocycles. The molecule has 0 saturated heterocycles. The smallest absolute Gasteiger partial charge is 0.273 e. The van der Waals surface area contributed by atoms with Crippen molar-refractivity contribution in [2.45, 2.75) is 13.8 Å². The molecule has 0 aliphatic heterocycles. The van der Waals surface area contributed by atoms with Gasteiger partial charge in [-0.25, -0.2) is 4.98 Å². The van der Waals surface area contributed by atoms with Gasteiger partial charge in [-0.1, -0.05) is 60.9 Å². The molecule has 0 atom stereocenters. The molecule has 1 aromatic heterocycles. The topological polar surface area (TPSA) is 22.1 Å². The fourth-order valence-corrected chi connectivity index (χ4v) is 2.16.